The lowest BCUT2D eigenvalue weighted by molar-refractivity contribution is 1.16. The second kappa shape index (κ2) is 4.45. The van der Waals surface area contributed by atoms with E-state index in [9.17, 15) is 0 Å². The molecule has 0 unspecified atom stereocenters. The second-order valence-electron chi connectivity index (χ2n) is 4.29. The summed E-state index contributed by atoms with van der Waals surface area (Å²) >= 11 is 0. The number of anilines is 3. The van der Waals surface area contributed by atoms with Crippen LogP contribution in [0.4, 0.5) is 17.2 Å². The first-order valence-corrected chi connectivity index (χ1v) is 5.60. The molecule has 0 saturated carbocycles. The number of aromatic nitrogens is 1. The van der Waals surface area contributed by atoms with Crippen molar-refractivity contribution in [3.63, 3.8) is 0 Å². The summed E-state index contributed by atoms with van der Waals surface area (Å²) in [5, 5.41) is 0. The van der Waals surface area contributed by atoms with E-state index in [2.05, 4.69) is 41.9 Å². The Bertz CT molecular complexity index is 517. The van der Waals surface area contributed by atoms with Crippen molar-refractivity contribution >= 4 is 17.2 Å². The van der Waals surface area contributed by atoms with E-state index in [4.69, 9.17) is 5.73 Å². The van der Waals surface area contributed by atoms with Gasteiger partial charge in [-0.25, -0.2) is 4.98 Å². The van der Waals surface area contributed by atoms with Gasteiger partial charge in [-0.05, 0) is 37.6 Å². The first-order valence-electron chi connectivity index (χ1n) is 5.60. The van der Waals surface area contributed by atoms with E-state index < -0.39 is 0 Å². The maximum Gasteiger partial charge on any atom is 0.123 e. The minimum Gasteiger partial charge on any atom is -0.384 e. The van der Waals surface area contributed by atoms with E-state index >= 15 is 0 Å². The number of aryl methyl sites for hydroxylation is 2. The van der Waals surface area contributed by atoms with Crippen molar-refractivity contribution in [3.05, 3.63) is 47.7 Å². The van der Waals surface area contributed by atoms with E-state index in [0.29, 0.717) is 5.82 Å². The Morgan fingerprint density at radius 1 is 1.12 bits per heavy atom. The summed E-state index contributed by atoms with van der Waals surface area (Å²) in [5.74, 6) is 0.544. The van der Waals surface area contributed by atoms with Gasteiger partial charge >= 0.3 is 0 Å². The normalized spacial score (nSPS) is 10.3. The lowest BCUT2D eigenvalue weighted by atomic mass is 10.1. The molecule has 0 saturated heterocycles. The standard InChI is InChI=1S/C14H17N3/c1-10-4-6-13(11(2)8-10)17(3)12-5-7-14(15)16-9-12/h4-9H,1-3H3,(H2,15,16). The topological polar surface area (TPSA) is 42.1 Å². The molecule has 88 valence electrons. The number of benzene rings is 1. The molecule has 2 aromatic rings. The van der Waals surface area contributed by atoms with Crippen LogP contribution in [0.3, 0.4) is 0 Å². The molecule has 1 aromatic heterocycles. The largest absolute Gasteiger partial charge is 0.384 e. The molecule has 0 atom stereocenters. The Labute approximate surface area is 102 Å². The van der Waals surface area contributed by atoms with Crippen LogP contribution in [-0.4, -0.2) is 12.0 Å². The molecule has 2 N–H and O–H groups in total. The minimum atomic E-state index is 0.544. The lowest BCUT2D eigenvalue weighted by Gasteiger charge is -2.21. The van der Waals surface area contributed by atoms with Crippen LogP contribution in [0.15, 0.2) is 36.5 Å². The summed E-state index contributed by atoms with van der Waals surface area (Å²) in [6.45, 7) is 4.21. The second-order valence-corrected chi connectivity index (χ2v) is 4.29. The van der Waals surface area contributed by atoms with E-state index in [1.165, 1.54) is 16.8 Å². The smallest absolute Gasteiger partial charge is 0.123 e. The van der Waals surface area contributed by atoms with Gasteiger partial charge < -0.3 is 10.6 Å². The van der Waals surface area contributed by atoms with Gasteiger partial charge in [0.05, 0.1) is 11.9 Å². The fourth-order valence-corrected chi connectivity index (χ4v) is 1.92. The molecule has 3 nitrogen and oxygen atoms in total. The van der Waals surface area contributed by atoms with Crippen LogP contribution < -0.4 is 10.6 Å². The van der Waals surface area contributed by atoms with Crippen molar-refractivity contribution in [1.82, 2.24) is 4.98 Å². The van der Waals surface area contributed by atoms with Gasteiger partial charge in [-0.2, -0.15) is 0 Å². The molecule has 0 aliphatic heterocycles. The van der Waals surface area contributed by atoms with Crippen molar-refractivity contribution in [2.24, 2.45) is 0 Å². The Morgan fingerprint density at radius 2 is 1.88 bits per heavy atom. The number of rotatable bonds is 2. The van der Waals surface area contributed by atoms with Gasteiger partial charge in [-0.3, -0.25) is 0 Å². The monoisotopic (exact) mass is 227 g/mol. The highest BCUT2D eigenvalue weighted by molar-refractivity contribution is 5.65. The Kier molecular flexibility index (Phi) is 3.00. The van der Waals surface area contributed by atoms with Crippen LogP contribution in [-0.2, 0) is 0 Å². The van der Waals surface area contributed by atoms with Crippen molar-refractivity contribution in [2.75, 3.05) is 17.7 Å². The zero-order valence-corrected chi connectivity index (χ0v) is 10.4. The summed E-state index contributed by atoms with van der Waals surface area (Å²) < 4.78 is 0. The number of pyridine rings is 1. The summed E-state index contributed by atoms with van der Waals surface area (Å²) in [6, 6.07) is 10.2. The van der Waals surface area contributed by atoms with Crippen LogP contribution in [0.5, 0.6) is 0 Å². The zero-order valence-electron chi connectivity index (χ0n) is 10.4. The predicted octanol–water partition coefficient (Wildman–Crippen LogP) is 3.05. The third-order valence-corrected chi connectivity index (χ3v) is 2.87. The molecule has 1 aromatic carbocycles. The Hall–Kier alpha value is -2.03. The number of hydrogen-bond acceptors (Lipinski definition) is 3. The van der Waals surface area contributed by atoms with Crippen LogP contribution >= 0.6 is 0 Å². The SMILES string of the molecule is Cc1ccc(N(C)c2ccc(N)nc2)c(C)c1. The summed E-state index contributed by atoms with van der Waals surface area (Å²) in [5.41, 5.74) is 10.3. The van der Waals surface area contributed by atoms with Gasteiger partial charge in [0, 0.05) is 12.7 Å². The summed E-state index contributed by atoms with van der Waals surface area (Å²) in [4.78, 5) is 6.22. The van der Waals surface area contributed by atoms with Crippen molar-refractivity contribution in [2.45, 2.75) is 13.8 Å². The highest BCUT2D eigenvalue weighted by Gasteiger charge is 2.07. The van der Waals surface area contributed by atoms with Crippen LogP contribution in [0.25, 0.3) is 0 Å². The van der Waals surface area contributed by atoms with Gasteiger partial charge in [0.2, 0.25) is 0 Å². The zero-order chi connectivity index (χ0) is 12.4. The molecule has 17 heavy (non-hydrogen) atoms. The van der Waals surface area contributed by atoms with Crippen LogP contribution in [0, 0.1) is 13.8 Å². The van der Waals surface area contributed by atoms with Crippen molar-refractivity contribution in [1.29, 1.82) is 0 Å². The quantitative estimate of drug-likeness (QED) is 0.857. The molecule has 0 fully saturated rings. The fourth-order valence-electron chi connectivity index (χ4n) is 1.92. The van der Waals surface area contributed by atoms with E-state index in [1.54, 1.807) is 6.20 Å². The lowest BCUT2D eigenvalue weighted by Crippen LogP contribution is -2.11. The first kappa shape index (κ1) is 11.5. The minimum absolute atomic E-state index is 0.544. The van der Waals surface area contributed by atoms with E-state index in [-0.39, 0.29) is 0 Å². The molecular weight excluding hydrogens is 210 g/mol. The van der Waals surface area contributed by atoms with Crippen LogP contribution in [0.2, 0.25) is 0 Å². The number of nitrogen functional groups attached to an aromatic ring is 1. The third kappa shape index (κ3) is 2.38. The molecule has 0 amide bonds. The van der Waals surface area contributed by atoms with Crippen LogP contribution in [0.1, 0.15) is 11.1 Å². The summed E-state index contributed by atoms with van der Waals surface area (Å²) in [7, 11) is 2.03. The van der Waals surface area contributed by atoms with Crippen molar-refractivity contribution in [3.8, 4) is 0 Å². The van der Waals surface area contributed by atoms with E-state index in [1.807, 2.05) is 19.2 Å². The van der Waals surface area contributed by atoms with Gasteiger partial charge in [-0.1, -0.05) is 17.7 Å². The van der Waals surface area contributed by atoms with Crippen molar-refractivity contribution < 1.29 is 0 Å². The summed E-state index contributed by atoms with van der Waals surface area (Å²) in [6.07, 6.45) is 1.79. The molecule has 0 aliphatic rings. The Balaban J connectivity index is 2.36. The average molecular weight is 227 g/mol. The highest BCUT2D eigenvalue weighted by Crippen LogP contribution is 2.26. The average Bonchev–Trinajstić information content (AvgIpc) is 2.29. The predicted molar refractivity (Wildman–Crippen MR) is 72.6 cm³/mol. The maximum absolute atomic E-state index is 5.59. The number of nitrogens with two attached hydrogens (primary N) is 1. The van der Waals surface area contributed by atoms with E-state index in [0.717, 1.165) is 5.69 Å². The Morgan fingerprint density at radius 3 is 2.47 bits per heavy atom. The molecular formula is C14H17N3. The number of hydrogen-bond donors (Lipinski definition) is 1. The molecule has 0 bridgehead atoms. The molecule has 2 rings (SSSR count). The molecule has 0 radical (unpaired) electrons. The molecule has 0 spiro atoms. The fraction of sp³-hybridized carbons (Fsp3) is 0.214. The van der Waals surface area contributed by atoms with Gasteiger partial charge in [0.25, 0.3) is 0 Å². The van der Waals surface area contributed by atoms with Gasteiger partial charge in [0.1, 0.15) is 5.82 Å². The third-order valence-electron chi connectivity index (χ3n) is 2.87. The number of nitrogens with zero attached hydrogens (tertiary/aromatic N) is 2. The van der Waals surface area contributed by atoms with Gasteiger partial charge in [0.15, 0.2) is 0 Å². The van der Waals surface area contributed by atoms with Gasteiger partial charge in [-0.15, -0.1) is 0 Å². The molecule has 0 aliphatic carbocycles. The molecule has 3 heteroatoms. The highest BCUT2D eigenvalue weighted by atomic mass is 15.1. The maximum atomic E-state index is 5.59. The first-order chi connectivity index (χ1) is 8.08. The molecule has 1 heterocycles.